The molecule has 1 N–H and O–H groups in total. The van der Waals surface area contributed by atoms with Gasteiger partial charge in [0, 0.05) is 44.6 Å². The smallest absolute Gasteiger partial charge is 0.0477 e. The van der Waals surface area contributed by atoms with Crippen LogP contribution in [0.5, 0.6) is 0 Å². The van der Waals surface area contributed by atoms with Crippen molar-refractivity contribution in [3.05, 3.63) is 65.0 Å². The number of rotatable bonds is 3. The molecule has 3 rings (SSSR count). The lowest BCUT2D eigenvalue weighted by Gasteiger charge is -2.36. The van der Waals surface area contributed by atoms with E-state index in [4.69, 9.17) is 0 Å². The molecule has 1 fully saturated rings. The predicted octanol–water partition coefficient (Wildman–Crippen LogP) is 3.27. The standard InChI is InChI=1S/C18H23N3.ClH/c1-14-3-4-15(2)17(11-14)13-21-10-9-20-12-18(21)16-5-7-19-8-6-16;/h3-8,11,18,20H,9-10,12-13H2,1-2H3;1H. The summed E-state index contributed by atoms with van der Waals surface area (Å²) in [7, 11) is 0. The van der Waals surface area contributed by atoms with Gasteiger partial charge in [0.25, 0.3) is 0 Å². The van der Waals surface area contributed by atoms with Crippen LogP contribution >= 0.6 is 12.4 Å². The first kappa shape index (κ1) is 16.9. The number of nitrogens with zero attached hydrogens (tertiary/aromatic N) is 2. The molecule has 1 atom stereocenters. The van der Waals surface area contributed by atoms with Crippen molar-refractivity contribution in [2.24, 2.45) is 0 Å². The van der Waals surface area contributed by atoms with E-state index in [0.717, 1.165) is 26.2 Å². The summed E-state index contributed by atoms with van der Waals surface area (Å²) < 4.78 is 0. The maximum absolute atomic E-state index is 4.14. The molecule has 22 heavy (non-hydrogen) atoms. The van der Waals surface area contributed by atoms with Crippen molar-refractivity contribution in [1.82, 2.24) is 15.2 Å². The lowest BCUT2D eigenvalue weighted by atomic mass is 10.0. The van der Waals surface area contributed by atoms with E-state index in [-0.39, 0.29) is 12.4 Å². The molecule has 4 heteroatoms. The first-order valence-electron chi connectivity index (χ1n) is 7.65. The van der Waals surface area contributed by atoms with E-state index in [1.807, 2.05) is 12.4 Å². The van der Waals surface area contributed by atoms with Gasteiger partial charge >= 0.3 is 0 Å². The maximum atomic E-state index is 4.14. The Hall–Kier alpha value is -1.42. The molecular formula is C18H24ClN3. The highest BCUT2D eigenvalue weighted by molar-refractivity contribution is 5.85. The van der Waals surface area contributed by atoms with Crippen LogP contribution in [-0.2, 0) is 6.54 Å². The van der Waals surface area contributed by atoms with Crippen molar-refractivity contribution >= 4 is 12.4 Å². The number of benzene rings is 1. The lowest BCUT2D eigenvalue weighted by molar-refractivity contribution is 0.153. The van der Waals surface area contributed by atoms with Gasteiger partial charge in [-0.25, -0.2) is 0 Å². The van der Waals surface area contributed by atoms with E-state index >= 15 is 0 Å². The average Bonchev–Trinajstić information content (AvgIpc) is 2.52. The van der Waals surface area contributed by atoms with E-state index in [0.29, 0.717) is 6.04 Å². The Morgan fingerprint density at radius 2 is 1.95 bits per heavy atom. The average molecular weight is 318 g/mol. The fourth-order valence-electron chi connectivity index (χ4n) is 3.04. The minimum absolute atomic E-state index is 0. The van der Waals surface area contributed by atoms with Crippen LogP contribution < -0.4 is 5.32 Å². The fraction of sp³-hybridized carbons (Fsp3) is 0.389. The zero-order valence-corrected chi connectivity index (χ0v) is 14.1. The van der Waals surface area contributed by atoms with Gasteiger partial charge in [0.2, 0.25) is 0 Å². The highest BCUT2D eigenvalue weighted by Crippen LogP contribution is 2.24. The monoisotopic (exact) mass is 317 g/mol. The minimum Gasteiger partial charge on any atom is -0.314 e. The summed E-state index contributed by atoms with van der Waals surface area (Å²) >= 11 is 0. The summed E-state index contributed by atoms with van der Waals surface area (Å²) in [4.78, 5) is 6.71. The van der Waals surface area contributed by atoms with Crippen LogP contribution in [-0.4, -0.2) is 29.5 Å². The highest BCUT2D eigenvalue weighted by atomic mass is 35.5. The van der Waals surface area contributed by atoms with Gasteiger partial charge in [-0.1, -0.05) is 23.8 Å². The zero-order valence-electron chi connectivity index (χ0n) is 13.2. The largest absolute Gasteiger partial charge is 0.314 e. The molecule has 1 aliphatic heterocycles. The van der Waals surface area contributed by atoms with Gasteiger partial charge < -0.3 is 5.32 Å². The summed E-state index contributed by atoms with van der Waals surface area (Å²) in [6.45, 7) is 8.54. The number of pyridine rings is 1. The third-order valence-electron chi connectivity index (χ3n) is 4.32. The molecule has 0 amide bonds. The van der Waals surface area contributed by atoms with Gasteiger partial charge in [-0.3, -0.25) is 9.88 Å². The summed E-state index contributed by atoms with van der Waals surface area (Å²) in [5.41, 5.74) is 5.51. The molecule has 2 heterocycles. The van der Waals surface area contributed by atoms with Crippen LogP contribution in [0.3, 0.4) is 0 Å². The van der Waals surface area contributed by atoms with Gasteiger partial charge in [0.1, 0.15) is 0 Å². The maximum Gasteiger partial charge on any atom is 0.0477 e. The first-order valence-corrected chi connectivity index (χ1v) is 7.65. The Morgan fingerprint density at radius 3 is 2.73 bits per heavy atom. The van der Waals surface area contributed by atoms with Crippen molar-refractivity contribution in [1.29, 1.82) is 0 Å². The Labute approximate surface area is 139 Å². The Balaban J connectivity index is 0.00000176. The molecule has 0 spiro atoms. The molecule has 1 unspecified atom stereocenters. The molecular weight excluding hydrogens is 294 g/mol. The lowest BCUT2D eigenvalue weighted by Crippen LogP contribution is -2.45. The van der Waals surface area contributed by atoms with Crippen LogP contribution in [0.1, 0.15) is 28.3 Å². The number of nitrogens with one attached hydrogen (secondary N) is 1. The second kappa shape index (κ2) is 7.73. The van der Waals surface area contributed by atoms with Crippen molar-refractivity contribution in [2.45, 2.75) is 26.4 Å². The summed E-state index contributed by atoms with van der Waals surface area (Å²) in [6.07, 6.45) is 3.78. The van der Waals surface area contributed by atoms with Crippen LogP contribution in [0, 0.1) is 13.8 Å². The van der Waals surface area contributed by atoms with E-state index < -0.39 is 0 Å². The number of aryl methyl sites for hydroxylation is 2. The van der Waals surface area contributed by atoms with Gasteiger partial charge in [-0.05, 0) is 42.7 Å². The normalized spacial score (nSPS) is 18.7. The van der Waals surface area contributed by atoms with Crippen molar-refractivity contribution in [3.8, 4) is 0 Å². The highest BCUT2D eigenvalue weighted by Gasteiger charge is 2.24. The Bertz CT molecular complexity index is 601. The molecule has 3 nitrogen and oxygen atoms in total. The Kier molecular flexibility index (Phi) is 5.95. The van der Waals surface area contributed by atoms with E-state index in [9.17, 15) is 0 Å². The topological polar surface area (TPSA) is 28.2 Å². The van der Waals surface area contributed by atoms with E-state index in [1.165, 1.54) is 22.3 Å². The van der Waals surface area contributed by atoms with Crippen LogP contribution in [0.15, 0.2) is 42.7 Å². The molecule has 118 valence electrons. The number of halogens is 1. The molecule has 1 saturated heterocycles. The minimum atomic E-state index is 0. The molecule has 2 aromatic rings. The van der Waals surface area contributed by atoms with Crippen molar-refractivity contribution in [2.75, 3.05) is 19.6 Å². The van der Waals surface area contributed by atoms with Crippen molar-refractivity contribution in [3.63, 3.8) is 0 Å². The van der Waals surface area contributed by atoms with Gasteiger partial charge in [0.05, 0.1) is 0 Å². The first-order chi connectivity index (χ1) is 10.2. The molecule has 0 aliphatic carbocycles. The van der Waals surface area contributed by atoms with Gasteiger partial charge in [0.15, 0.2) is 0 Å². The third kappa shape index (κ3) is 3.86. The Morgan fingerprint density at radius 1 is 1.18 bits per heavy atom. The van der Waals surface area contributed by atoms with Crippen LogP contribution in [0.4, 0.5) is 0 Å². The molecule has 1 aromatic carbocycles. The van der Waals surface area contributed by atoms with Gasteiger partial charge in [-0.15, -0.1) is 12.4 Å². The number of aromatic nitrogens is 1. The quantitative estimate of drug-likeness (QED) is 0.941. The molecule has 0 bridgehead atoms. The summed E-state index contributed by atoms with van der Waals surface area (Å²) in [6, 6.07) is 11.4. The molecule has 0 saturated carbocycles. The number of hydrogen-bond acceptors (Lipinski definition) is 3. The zero-order chi connectivity index (χ0) is 14.7. The second-order valence-corrected chi connectivity index (χ2v) is 5.90. The number of hydrogen-bond donors (Lipinski definition) is 1. The van der Waals surface area contributed by atoms with Crippen molar-refractivity contribution < 1.29 is 0 Å². The van der Waals surface area contributed by atoms with Gasteiger partial charge in [-0.2, -0.15) is 0 Å². The van der Waals surface area contributed by atoms with Crippen LogP contribution in [0.25, 0.3) is 0 Å². The van der Waals surface area contributed by atoms with E-state index in [1.54, 1.807) is 0 Å². The number of piperazine rings is 1. The molecule has 1 aliphatic rings. The summed E-state index contributed by atoms with van der Waals surface area (Å²) in [5, 5.41) is 3.51. The van der Waals surface area contributed by atoms with E-state index in [2.05, 4.69) is 59.4 Å². The predicted molar refractivity (Wildman–Crippen MR) is 93.4 cm³/mol. The second-order valence-electron chi connectivity index (χ2n) is 5.90. The third-order valence-corrected chi connectivity index (χ3v) is 4.32. The molecule has 0 radical (unpaired) electrons. The van der Waals surface area contributed by atoms with Crippen LogP contribution in [0.2, 0.25) is 0 Å². The SMILES string of the molecule is Cc1ccc(C)c(CN2CCNCC2c2ccncc2)c1.Cl. The summed E-state index contributed by atoms with van der Waals surface area (Å²) in [5.74, 6) is 0. The fourth-order valence-corrected chi connectivity index (χ4v) is 3.04. The molecule has 1 aromatic heterocycles.